The zero-order valence-corrected chi connectivity index (χ0v) is 16.3. The van der Waals surface area contributed by atoms with Crippen LogP contribution in [0, 0.1) is 5.92 Å². The van der Waals surface area contributed by atoms with Crippen molar-refractivity contribution in [2.24, 2.45) is 5.92 Å². The van der Waals surface area contributed by atoms with Gasteiger partial charge in [0.1, 0.15) is 0 Å². The molecule has 2 aromatic rings. The molecule has 0 bridgehead atoms. The molecular formula is C20H25Cl2N3O. The first-order valence-electron chi connectivity index (χ1n) is 8.78. The average molecular weight is 394 g/mol. The number of nitrogens with zero attached hydrogens (tertiary/aromatic N) is 2. The van der Waals surface area contributed by atoms with E-state index in [0.717, 1.165) is 38.9 Å². The number of carbonyl (C=O) groups excluding carboxylic acids is 1. The maximum atomic E-state index is 11.9. The van der Waals surface area contributed by atoms with Crippen molar-refractivity contribution >= 4 is 30.7 Å². The highest BCUT2D eigenvalue weighted by Crippen LogP contribution is 2.29. The minimum atomic E-state index is 0. The lowest BCUT2D eigenvalue weighted by Gasteiger charge is -2.29. The van der Waals surface area contributed by atoms with E-state index in [1.165, 1.54) is 22.3 Å². The van der Waals surface area contributed by atoms with Crippen molar-refractivity contribution in [3.8, 4) is 0 Å². The zero-order valence-electron chi connectivity index (χ0n) is 14.7. The summed E-state index contributed by atoms with van der Waals surface area (Å²) in [4.78, 5) is 18.7. The highest BCUT2D eigenvalue weighted by atomic mass is 35.5. The van der Waals surface area contributed by atoms with E-state index in [4.69, 9.17) is 0 Å². The lowest BCUT2D eigenvalue weighted by molar-refractivity contribution is -0.122. The number of pyridine rings is 1. The number of carbonyl (C=O) groups is 1. The quantitative estimate of drug-likeness (QED) is 0.844. The third kappa shape index (κ3) is 4.97. The van der Waals surface area contributed by atoms with Crippen LogP contribution in [0.2, 0.25) is 0 Å². The second-order valence-electron chi connectivity index (χ2n) is 6.87. The second kappa shape index (κ2) is 9.36. The summed E-state index contributed by atoms with van der Waals surface area (Å²) in [5, 5.41) is 3.07. The Hall–Kier alpha value is -1.62. The molecule has 1 aromatic heterocycles. The minimum absolute atomic E-state index is 0. The number of benzene rings is 1. The van der Waals surface area contributed by atoms with Gasteiger partial charge < -0.3 is 5.32 Å². The van der Waals surface area contributed by atoms with Crippen LogP contribution in [0.4, 0.5) is 0 Å². The summed E-state index contributed by atoms with van der Waals surface area (Å²) in [5.74, 6) is 0.466. The van der Waals surface area contributed by atoms with Crippen molar-refractivity contribution in [1.82, 2.24) is 15.2 Å². The molecule has 1 saturated carbocycles. The van der Waals surface area contributed by atoms with Gasteiger partial charge in [0.15, 0.2) is 0 Å². The van der Waals surface area contributed by atoms with Gasteiger partial charge in [-0.25, -0.2) is 0 Å². The number of hydrogen-bond acceptors (Lipinski definition) is 3. The van der Waals surface area contributed by atoms with Crippen LogP contribution < -0.4 is 5.32 Å². The summed E-state index contributed by atoms with van der Waals surface area (Å²) in [6.45, 7) is 3.57. The summed E-state index contributed by atoms with van der Waals surface area (Å²) in [5.41, 5.74) is 5.21. The molecule has 140 valence electrons. The number of halogens is 2. The van der Waals surface area contributed by atoms with Crippen molar-refractivity contribution in [3.05, 3.63) is 65.0 Å². The van der Waals surface area contributed by atoms with Gasteiger partial charge in [-0.15, -0.1) is 24.8 Å². The summed E-state index contributed by atoms with van der Waals surface area (Å²) in [6, 6.07) is 10.6. The maximum absolute atomic E-state index is 11.9. The van der Waals surface area contributed by atoms with Crippen molar-refractivity contribution in [3.63, 3.8) is 0 Å². The van der Waals surface area contributed by atoms with E-state index < -0.39 is 0 Å². The predicted molar refractivity (Wildman–Crippen MR) is 108 cm³/mol. The van der Waals surface area contributed by atoms with Crippen molar-refractivity contribution in [1.29, 1.82) is 0 Å². The molecule has 1 amide bonds. The molecule has 0 atom stereocenters. The van der Waals surface area contributed by atoms with Gasteiger partial charge in [0.25, 0.3) is 0 Å². The van der Waals surface area contributed by atoms with Crippen LogP contribution in [0.1, 0.15) is 35.1 Å². The minimum Gasteiger partial charge on any atom is -0.352 e. The monoisotopic (exact) mass is 393 g/mol. The second-order valence-corrected chi connectivity index (χ2v) is 6.87. The van der Waals surface area contributed by atoms with E-state index >= 15 is 0 Å². The molecule has 2 aliphatic rings. The Morgan fingerprint density at radius 3 is 2.65 bits per heavy atom. The van der Waals surface area contributed by atoms with Crippen molar-refractivity contribution in [2.45, 2.75) is 38.9 Å². The van der Waals surface area contributed by atoms with Crippen LogP contribution in [0.5, 0.6) is 0 Å². The fourth-order valence-corrected chi connectivity index (χ4v) is 3.43. The van der Waals surface area contributed by atoms with E-state index in [1.54, 1.807) is 0 Å². The Balaban J connectivity index is 0.00000121. The van der Waals surface area contributed by atoms with Crippen LogP contribution in [-0.2, 0) is 30.8 Å². The third-order valence-corrected chi connectivity index (χ3v) is 4.96. The van der Waals surface area contributed by atoms with E-state index in [-0.39, 0.29) is 36.6 Å². The fourth-order valence-electron chi connectivity index (χ4n) is 3.43. The molecule has 1 aliphatic carbocycles. The molecule has 0 radical (unpaired) electrons. The van der Waals surface area contributed by atoms with Crippen LogP contribution in [0.25, 0.3) is 0 Å². The van der Waals surface area contributed by atoms with Gasteiger partial charge in [-0.3, -0.25) is 14.7 Å². The Labute approximate surface area is 167 Å². The standard InChI is InChI=1S/C20H23N3O.2ClH/c24-20(16-6-7-16)22-12-17-10-21-11-18-14-23(9-8-19(17)18)13-15-4-2-1-3-5-15;;/h1-5,10-11,16H,6-9,12-14H2,(H,22,24);2*1H. The first kappa shape index (κ1) is 20.7. The van der Waals surface area contributed by atoms with Crippen molar-refractivity contribution < 1.29 is 4.79 Å². The van der Waals surface area contributed by atoms with Gasteiger partial charge in [-0.2, -0.15) is 0 Å². The molecular weight excluding hydrogens is 369 g/mol. The highest BCUT2D eigenvalue weighted by molar-refractivity contribution is 5.85. The van der Waals surface area contributed by atoms with Crippen LogP contribution >= 0.6 is 24.8 Å². The van der Waals surface area contributed by atoms with Gasteiger partial charge in [0.2, 0.25) is 5.91 Å². The van der Waals surface area contributed by atoms with Gasteiger partial charge in [0, 0.05) is 44.5 Å². The summed E-state index contributed by atoms with van der Waals surface area (Å²) < 4.78 is 0. The number of rotatable bonds is 5. The lowest BCUT2D eigenvalue weighted by atomic mass is 9.96. The summed E-state index contributed by atoms with van der Waals surface area (Å²) >= 11 is 0. The molecule has 1 fully saturated rings. The molecule has 4 nitrogen and oxygen atoms in total. The predicted octanol–water partition coefficient (Wildman–Crippen LogP) is 3.51. The highest BCUT2D eigenvalue weighted by Gasteiger charge is 2.29. The summed E-state index contributed by atoms with van der Waals surface area (Å²) in [6.07, 6.45) is 7.02. The number of aromatic nitrogens is 1. The Morgan fingerprint density at radius 2 is 1.92 bits per heavy atom. The number of nitrogens with one attached hydrogen (secondary N) is 1. The smallest absolute Gasteiger partial charge is 0.223 e. The van der Waals surface area contributed by atoms with E-state index in [2.05, 4.69) is 45.5 Å². The van der Waals surface area contributed by atoms with E-state index in [1.807, 2.05) is 12.4 Å². The molecule has 2 heterocycles. The first-order chi connectivity index (χ1) is 11.8. The molecule has 1 aromatic carbocycles. The number of hydrogen-bond donors (Lipinski definition) is 1. The molecule has 0 unspecified atom stereocenters. The van der Waals surface area contributed by atoms with Crippen LogP contribution in [0.15, 0.2) is 42.7 Å². The lowest BCUT2D eigenvalue weighted by Crippen LogP contribution is -2.32. The molecule has 1 N–H and O–H groups in total. The van der Waals surface area contributed by atoms with Crippen LogP contribution in [-0.4, -0.2) is 22.3 Å². The Bertz CT molecular complexity index is 735. The normalized spacial score (nSPS) is 16.0. The van der Waals surface area contributed by atoms with Gasteiger partial charge in [0.05, 0.1) is 0 Å². The topological polar surface area (TPSA) is 45.2 Å². The van der Waals surface area contributed by atoms with Crippen LogP contribution in [0.3, 0.4) is 0 Å². The molecule has 26 heavy (non-hydrogen) atoms. The number of amides is 1. The Morgan fingerprint density at radius 1 is 1.15 bits per heavy atom. The van der Waals surface area contributed by atoms with E-state index in [0.29, 0.717) is 6.54 Å². The largest absolute Gasteiger partial charge is 0.352 e. The third-order valence-electron chi connectivity index (χ3n) is 4.96. The van der Waals surface area contributed by atoms with Gasteiger partial charge in [-0.1, -0.05) is 30.3 Å². The average Bonchev–Trinajstić information content (AvgIpc) is 3.45. The molecule has 0 spiro atoms. The molecule has 6 heteroatoms. The zero-order chi connectivity index (χ0) is 16.4. The number of fused-ring (bicyclic) bond motifs is 1. The maximum Gasteiger partial charge on any atom is 0.223 e. The van der Waals surface area contributed by atoms with Gasteiger partial charge >= 0.3 is 0 Å². The molecule has 1 aliphatic heterocycles. The van der Waals surface area contributed by atoms with Crippen molar-refractivity contribution in [2.75, 3.05) is 6.54 Å². The Kier molecular flexibility index (Phi) is 7.44. The molecule has 4 rings (SSSR count). The van der Waals surface area contributed by atoms with Gasteiger partial charge in [-0.05, 0) is 41.5 Å². The fraction of sp³-hybridized carbons (Fsp3) is 0.400. The summed E-state index contributed by atoms with van der Waals surface area (Å²) in [7, 11) is 0. The SMILES string of the molecule is Cl.Cl.O=C(NCc1cncc2c1CCN(Cc1ccccc1)C2)C1CC1. The first-order valence-corrected chi connectivity index (χ1v) is 8.78. The van der Waals surface area contributed by atoms with E-state index in [9.17, 15) is 4.79 Å². The molecule has 0 saturated heterocycles.